The molecule has 0 saturated carbocycles. The van der Waals surface area contributed by atoms with Gasteiger partial charge in [0.25, 0.3) is 0 Å². The number of ether oxygens (including phenoxy) is 1. The first-order chi connectivity index (χ1) is 9.69. The van der Waals surface area contributed by atoms with E-state index in [0.717, 1.165) is 31.9 Å². The number of nitrogens with two attached hydrogens (primary N) is 1. The summed E-state index contributed by atoms with van der Waals surface area (Å²) in [5.74, 6) is 0.904. The van der Waals surface area contributed by atoms with Gasteiger partial charge >= 0.3 is 0 Å². The lowest BCUT2D eigenvalue weighted by Crippen LogP contribution is -2.53. The average molecular weight is 277 g/mol. The lowest BCUT2D eigenvalue weighted by Gasteiger charge is -2.43. The maximum absolute atomic E-state index is 6.06. The Morgan fingerprint density at radius 2 is 2.20 bits per heavy atom. The van der Waals surface area contributed by atoms with Crippen LogP contribution in [-0.2, 0) is 0 Å². The van der Waals surface area contributed by atoms with Gasteiger partial charge in [0.05, 0.1) is 7.11 Å². The lowest BCUT2D eigenvalue weighted by atomic mass is 10.0. The fourth-order valence-corrected chi connectivity index (χ4v) is 3.11. The van der Waals surface area contributed by atoms with Gasteiger partial charge in [-0.2, -0.15) is 0 Å². The molecule has 0 aliphatic carbocycles. The van der Waals surface area contributed by atoms with Gasteiger partial charge < -0.3 is 15.4 Å². The Balaban J connectivity index is 2.15. The molecule has 2 atom stereocenters. The number of hydrogen-bond acceptors (Lipinski definition) is 4. The highest BCUT2D eigenvalue weighted by molar-refractivity contribution is 5.31. The van der Waals surface area contributed by atoms with Gasteiger partial charge in [0, 0.05) is 38.3 Å². The zero-order valence-electron chi connectivity index (χ0n) is 12.9. The van der Waals surface area contributed by atoms with Crippen LogP contribution in [0.15, 0.2) is 24.3 Å². The number of likely N-dealkylation sites (N-methyl/N-ethyl adjacent to an activating group) is 1. The van der Waals surface area contributed by atoms with E-state index in [2.05, 4.69) is 35.8 Å². The molecule has 2 unspecified atom stereocenters. The summed E-state index contributed by atoms with van der Waals surface area (Å²) in [6.45, 7) is 9.62. The molecule has 1 aromatic rings. The van der Waals surface area contributed by atoms with E-state index in [0.29, 0.717) is 12.6 Å². The molecule has 1 aromatic carbocycles. The Bertz CT molecular complexity index is 424. The van der Waals surface area contributed by atoms with E-state index < -0.39 is 0 Å². The number of piperazine rings is 1. The molecule has 1 aliphatic rings. The number of hydrogen-bond donors (Lipinski definition) is 1. The van der Waals surface area contributed by atoms with E-state index in [9.17, 15) is 0 Å². The second-order valence-electron chi connectivity index (χ2n) is 5.51. The highest BCUT2D eigenvalue weighted by atomic mass is 16.5. The summed E-state index contributed by atoms with van der Waals surface area (Å²) < 4.78 is 5.33. The molecule has 0 amide bonds. The van der Waals surface area contributed by atoms with Gasteiger partial charge in [0.15, 0.2) is 0 Å². The number of nitrogens with zero attached hydrogens (tertiary/aromatic N) is 2. The molecular formula is C16H27N3O. The van der Waals surface area contributed by atoms with Crippen LogP contribution < -0.4 is 10.5 Å². The maximum Gasteiger partial charge on any atom is 0.119 e. The summed E-state index contributed by atoms with van der Waals surface area (Å²) in [5.41, 5.74) is 7.31. The number of rotatable bonds is 5. The summed E-state index contributed by atoms with van der Waals surface area (Å²) in [6.07, 6.45) is 0. The standard InChI is InChI=1S/C16H27N3O/c1-4-18-8-9-19(13(2)12-18)16(11-17)14-6-5-7-15(10-14)20-3/h5-7,10,13,16H,4,8-9,11-12,17H2,1-3H3. The molecule has 2 N–H and O–H groups in total. The molecule has 0 spiro atoms. The highest BCUT2D eigenvalue weighted by Gasteiger charge is 2.29. The molecule has 1 fully saturated rings. The van der Waals surface area contributed by atoms with Crippen molar-refractivity contribution in [3.05, 3.63) is 29.8 Å². The second-order valence-corrected chi connectivity index (χ2v) is 5.51. The average Bonchev–Trinajstić information content (AvgIpc) is 2.49. The molecule has 112 valence electrons. The second kappa shape index (κ2) is 7.07. The summed E-state index contributed by atoms with van der Waals surface area (Å²) >= 11 is 0. The molecule has 0 bridgehead atoms. The summed E-state index contributed by atoms with van der Waals surface area (Å²) in [6, 6.07) is 9.09. The predicted octanol–water partition coefficient (Wildman–Crippen LogP) is 1.72. The van der Waals surface area contributed by atoms with Gasteiger partial charge in [0.2, 0.25) is 0 Å². The Kier molecular flexibility index (Phi) is 5.40. The lowest BCUT2D eigenvalue weighted by molar-refractivity contribution is 0.0535. The van der Waals surface area contributed by atoms with Crippen LogP contribution >= 0.6 is 0 Å². The van der Waals surface area contributed by atoms with Crippen molar-refractivity contribution in [1.29, 1.82) is 0 Å². The van der Waals surface area contributed by atoms with Gasteiger partial charge in [-0.25, -0.2) is 0 Å². The van der Waals surface area contributed by atoms with Crippen LogP contribution in [0.25, 0.3) is 0 Å². The smallest absolute Gasteiger partial charge is 0.119 e. The molecule has 0 radical (unpaired) electrons. The van der Waals surface area contributed by atoms with Gasteiger partial charge in [-0.05, 0) is 31.2 Å². The normalized spacial score (nSPS) is 22.7. The van der Waals surface area contributed by atoms with E-state index in [1.165, 1.54) is 5.56 Å². The molecule has 1 heterocycles. The molecule has 4 nitrogen and oxygen atoms in total. The van der Waals surface area contributed by atoms with Crippen molar-refractivity contribution in [2.75, 3.05) is 39.8 Å². The van der Waals surface area contributed by atoms with Crippen molar-refractivity contribution < 1.29 is 4.74 Å². The molecule has 1 saturated heterocycles. The Morgan fingerprint density at radius 3 is 2.80 bits per heavy atom. The first-order valence-corrected chi connectivity index (χ1v) is 7.51. The fourth-order valence-electron chi connectivity index (χ4n) is 3.11. The zero-order valence-corrected chi connectivity index (χ0v) is 12.9. The minimum atomic E-state index is 0.277. The zero-order chi connectivity index (χ0) is 14.5. The number of methoxy groups -OCH3 is 1. The van der Waals surface area contributed by atoms with Crippen LogP contribution in [0.1, 0.15) is 25.5 Å². The van der Waals surface area contributed by atoms with Crippen molar-refractivity contribution in [2.45, 2.75) is 25.9 Å². The summed E-state index contributed by atoms with van der Waals surface area (Å²) in [4.78, 5) is 5.03. The Hall–Kier alpha value is -1.10. The highest BCUT2D eigenvalue weighted by Crippen LogP contribution is 2.27. The fraction of sp³-hybridized carbons (Fsp3) is 0.625. The molecule has 2 rings (SSSR count). The number of benzene rings is 1. The van der Waals surface area contributed by atoms with Crippen LogP contribution in [-0.4, -0.2) is 55.7 Å². The van der Waals surface area contributed by atoms with Crippen molar-refractivity contribution in [3.8, 4) is 5.75 Å². The first-order valence-electron chi connectivity index (χ1n) is 7.51. The summed E-state index contributed by atoms with van der Waals surface area (Å²) in [7, 11) is 1.71. The maximum atomic E-state index is 6.06. The minimum Gasteiger partial charge on any atom is -0.497 e. The largest absolute Gasteiger partial charge is 0.497 e. The topological polar surface area (TPSA) is 41.7 Å². The molecular weight excluding hydrogens is 250 g/mol. The van der Waals surface area contributed by atoms with Crippen LogP contribution in [0.2, 0.25) is 0 Å². The third-order valence-corrected chi connectivity index (χ3v) is 4.31. The van der Waals surface area contributed by atoms with Gasteiger partial charge in [-0.15, -0.1) is 0 Å². The van der Waals surface area contributed by atoms with Crippen LogP contribution in [0.3, 0.4) is 0 Å². The van der Waals surface area contributed by atoms with E-state index in [4.69, 9.17) is 10.5 Å². The third kappa shape index (κ3) is 3.32. The molecule has 20 heavy (non-hydrogen) atoms. The van der Waals surface area contributed by atoms with Crippen LogP contribution in [0.4, 0.5) is 0 Å². The predicted molar refractivity (Wildman–Crippen MR) is 83.1 cm³/mol. The van der Waals surface area contributed by atoms with Gasteiger partial charge in [-0.3, -0.25) is 4.90 Å². The van der Waals surface area contributed by atoms with Crippen LogP contribution in [0, 0.1) is 0 Å². The van der Waals surface area contributed by atoms with Gasteiger partial charge in [0.1, 0.15) is 5.75 Å². The minimum absolute atomic E-state index is 0.277. The van der Waals surface area contributed by atoms with E-state index >= 15 is 0 Å². The van der Waals surface area contributed by atoms with Crippen molar-refractivity contribution in [3.63, 3.8) is 0 Å². The Morgan fingerprint density at radius 1 is 1.40 bits per heavy atom. The van der Waals surface area contributed by atoms with E-state index in [-0.39, 0.29) is 6.04 Å². The van der Waals surface area contributed by atoms with Crippen molar-refractivity contribution >= 4 is 0 Å². The van der Waals surface area contributed by atoms with Crippen molar-refractivity contribution in [1.82, 2.24) is 9.80 Å². The quantitative estimate of drug-likeness (QED) is 0.890. The van der Waals surface area contributed by atoms with Crippen molar-refractivity contribution in [2.24, 2.45) is 5.73 Å². The molecule has 1 aliphatic heterocycles. The monoisotopic (exact) mass is 277 g/mol. The molecule has 4 heteroatoms. The van der Waals surface area contributed by atoms with E-state index in [1.807, 2.05) is 12.1 Å². The summed E-state index contributed by atoms with van der Waals surface area (Å²) in [5, 5.41) is 0. The van der Waals surface area contributed by atoms with Crippen LogP contribution in [0.5, 0.6) is 5.75 Å². The third-order valence-electron chi connectivity index (χ3n) is 4.31. The SMILES string of the molecule is CCN1CCN(C(CN)c2cccc(OC)c2)C(C)C1. The first kappa shape index (κ1) is 15.3. The van der Waals surface area contributed by atoms with E-state index in [1.54, 1.807) is 7.11 Å². The Labute approximate surface area is 122 Å². The molecule has 0 aromatic heterocycles. The van der Waals surface area contributed by atoms with Gasteiger partial charge in [-0.1, -0.05) is 19.1 Å².